The first kappa shape index (κ1) is 10.4. The van der Waals surface area contributed by atoms with Crippen LogP contribution in [0, 0.1) is 0 Å². The van der Waals surface area contributed by atoms with Crippen molar-refractivity contribution < 1.29 is 10.2 Å². The Balaban J connectivity index is 2.22. The highest BCUT2D eigenvalue weighted by Gasteiger charge is 2.19. The highest BCUT2D eigenvalue weighted by atomic mass is 79.9. The topological polar surface area (TPSA) is 43.7 Å². The van der Waals surface area contributed by atoms with Crippen molar-refractivity contribution in [3.05, 3.63) is 0 Å². The standard InChI is InChI=1S/C8H16BrNO2/c9-4-8(12)6-10-3-1-2-7(11)5-10/h7-8,11-12H,1-6H2. The van der Waals surface area contributed by atoms with Crippen molar-refractivity contribution in [3.8, 4) is 0 Å². The first-order valence-corrected chi connectivity index (χ1v) is 5.49. The number of aliphatic hydroxyl groups excluding tert-OH is 2. The van der Waals surface area contributed by atoms with Gasteiger partial charge >= 0.3 is 0 Å². The summed E-state index contributed by atoms with van der Waals surface area (Å²) in [6.07, 6.45) is 1.44. The lowest BCUT2D eigenvalue weighted by molar-refractivity contribution is 0.0455. The van der Waals surface area contributed by atoms with Crippen molar-refractivity contribution in [2.75, 3.05) is 25.0 Å². The van der Waals surface area contributed by atoms with Gasteiger partial charge in [0.05, 0.1) is 12.2 Å². The summed E-state index contributed by atoms with van der Waals surface area (Å²) in [5, 5.41) is 19.3. The Bertz CT molecular complexity index is 134. The van der Waals surface area contributed by atoms with E-state index in [0.717, 1.165) is 19.4 Å². The molecule has 0 aromatic carbocycles. The van der Waals surface area contributed by atoms with Gasteiger partial charge in [0.2, 0.25) is 0 Å². The number of β-amino-alcohol motifs (C(OH)–C–C–N with tert-alkyl or cyclic N) is 2. The molecule has 0 aliphatic carbocycles. The lowest BCUT2D eigenvalue weighted by Gasteiger charge is -2.31. The lowest BCUT2D eigenvalue weighted by atomic mass is 10.1. The molecule has 0 spiro atoms. The maximum Gasteiger partial charge on any atom is 0.0763 e. The molecule has 1 saturated heterocycles. The zero-order chi connectivity index (χ0) is 8.97. The number of nitrogens with zero attached hydrogens (tertiary/aromatic N) is 1. The Morgan fingerprint density at radius 3 is 2.92 bits per heavy atom. The maximum absolute atomic E-state index is 9.33. The van der Waals surface area contributed by atoms with Crippen molar-refractivity contribution in [3.63, 3.8) is 0 Å². The molecule has 3 nitrogen and oxygen atoms in total. The molecule has 72 valence electrons. The van der Waals surface area contributed by atoms with Crippen LogP contribution in [0.5, 0.6) is 0 Å². The fourth-order valence-corrected chi connectivity index (χ4v) is 1.75. The molecule has 0 saturated carbocycles. The average Bonchev–Trinajstić information content (AvgIpc) is 2.04. The predicted octanol–water partition coefficient (Wildman–Crippen LogP) is 0.199. The van der Waals surface area contributed by atoms with Crippen molar-refractivity contribution in [2.45, 2.75) is 25.0 Å². The second-order valence-electron chi connectivity index (χ2n) is 3.36. The first-order chi connectivity index (χ1) is 5.72. The highest BCUT2D eigenvalue weighted by Crippen LogP contribution is 2.10. The van der Waals surface area contributed by atoms with E-state index >= 15 is 0 Å². The first-order valence-electron chi connectivity index (χ1n) is 4.37. The van der Waals surface area contributed by atoms with E-state index in [9.17, 15) is 10.2 Å². The third-order valence-corrected chi connectivity index (χ3v) is 2.88. The van der Waals surface area contributed by atoms with E-state index in [4.69, 9.17) is 0 Å². The van der Waals surface area contributed by atoms with E-state index in [1.54, 1.807) is 0 Å². The summed E-state index contributed by atoms with van der Waals surface area (Å²) in [6, 6.07) is 0. The number of alkyl halides is 1. The normalized spacial score (nSPS) is 28.8. The molecule has 1 aliphatic rings. The summed E-state index contributed by atoms with van der Waals surface area (Å²) in [4.78, 5) is 2.11. The van der Waals surface area contributed by atoms with E-state index in [-0.39, 0.29) is 12.2 Å². The molecule has 2 atom stereocenters. The molecule has 0 aromatic rings. The summed E-state index contributed by atoms with van der Waals surface area (Å²) < 4.78 is 0. The minimum atomic E-state index is -0.310. The van der Waals surface area contributed by atoms with Gasteiger partial charge < -0.3 is 10.2 Å². The van der Waals surface area contributed by atoms with Crippen molar-refractivity contribution >= 4 is 15.9 Å². The molecule has 4 heteroatoms. The Labute approximate surface area is 81.5 Å². The van der Waals surface area contributed by atoms with Crippen LogP contribution in [-0.4, -0.2) is 52.3 Å². The summed E-state index contributed by atoms with van der Waals surface area (Å²) >= 11 is 3.22. The zero-order valence-corrected chi connectivity index (χ0v) is 8.70. The van der Waals surface area contributed by atoms with Crippen LogP contribution in [0.3, 0.4) is 0 Å². The predicted molar refractivity (Wildman–Crippen MR) is 51.5 cm³/mol. The van der Waals surface area contributed by atoms with Gasteiger partial charge in [0, 0.05) is 18.4 Å². The van der Waals surface area contributed by atoms with Crippen LogP contribution in [0.4, 0.5) is 0 Å². The van der Waals surface area contributed by atoms with Crippen molar-refractivity contribution in [1.82, 2.24) is 4.90 Å². The zero-order valence-electron chi connectivity index (χ0n) is 7.12. The number of piperidine rings is 1. The number of rotatable bonds is 3. The SMILES string of the molecule is OC(CBr)CN1CCCC(O)C1. The molecule has 0 radical (unpaired) electrons. The van der Waals surface area contributed by atoms with E-state index in [0.29, 0.717) is 18.4 Å². The van der Waals surface area contributed by atoms with Crippen LogP contribution in [0.15, 0.2) is 0 Å². The minimum Gasteiger partial charge on any atom is -0.392 e. The molecule has 2 unspecified atom stereocenters. The van der Waals surface area contributed by atoms with Crippen LogP contribution < -0.4 is 0 Å². The van der Waals surface area contributed by atoms with Crippen LogP contribution in [0.2, 0.25) is 0 Å². The molecule has 1 fully saturated rings. The van der Waals surface area contributed by atoms with Gasteiger partial charge in [-0.3, -0.25) is 4.90 Å². The molecule has 0 aromatic heterocycles. The third-order valence-electron chi connectivity index (χ3n) is 2.13. The Hall–Kier alpha value is 0.360. The van der Waals surface area contributed by atoms with Gasteiger partial charge in [-0.15, -0.1) is 0 Å². The number of likely N-dealkylation sites (tertiary alicyclic amines) is 1. The largest absolute Gasteiger partial charge is 0.392 e. The van der Waals surface area contributed by atoms with E-state index < -0.39 is 0 Å². The summed E-state index contributed by atoms with van der Waals surface area (Å²) in [6.45, 7) is 2.38. The van der Waals surface area contributed by atoms with Gasteiger partial charge in [-0.05, 0) is 19.4 Å². The van der Waals surface area contributed by atoms with E-state index in [1.165, 1.54) is 0 Å². The van der Waals surface area contributed by atoms with Gasteiger partial charge in [0.25, 0.3) is 0 Å². The van der Waals surface area contributed by atoms with Crippen LogP contribution in [0.1, 0.15) is 12.8 Å². The quantitative estimate of drug-likeness (QED) is 0.690. The van der Waals surface area contributed by atoms with Gasteiger partial charge in [-0.25, -0.2) is 0 Å². The number of hydrogen-bond donors (Lipinski definition) is 2. The van der Waals surface area contributed by atoms with Gasteiger partial charge in [0.15, 0.2) is 0 Å². The summed E-state index contributed by atoms with van der Waals surface area (Å²) in [5.41, 5.74) is 0. The monoisotopic (exact) mass is 237 g/mol. The van der Waals surface area contributed by atoms with Crippen molar-refractivity contribution in [2.24, 2.45) is 0 Å². The van der Waals surface area contributed by atoms with Crippen molar-refractivity contribution in [1.29, 1.82) is 0 Å². The molecule has 0 bridgehead atoms. The fraction of sp³-hybridized carbons (Fsp3) is 1.00. The molecule has 1 heterocycles. The average molecular weight is 238 g/mol. The molecular formula is C8H16BrNO2. The van der Waals surface area contributed by atoms with E-state index in [2.05, 4.69) is 20.8 Å². The molecular weight excluding hydrogens is 222 g/mol. The Morgan fingerprint density at radius 1 is 1.58 bits per heavy atom. The van der Waals surface area contributed by atoms with Gasteiger partial charge in [-0.1, -0.05) is 15.9 Å². The second-order valence-corrected chi connectivity index (χ2v) is 4.01. The lowest BCUT2D eigenvalue weighted by Crippen LogP contribution is -2.42. The third kappa shape index (κ3) is 3.39. The molecule has 1 aliphatic heterocycles. The molecule has 1 rings (SSSR count). The Kier molecular flexibility index (Phi) is 4.50. The van der Waals surface area contributed by atoms with Crippen LogP contribution >= 0.6 is 15.9 Å². The molecule has 0 amide bonds. The van der Waals surface area contributed by atoms with E-state index in [1.807, 2.05) is 0 Å². The fourth-order valence-electron chi connectivity index (χ4n) is 1.54. The Morgan fingerprint density at radius 2 is 2.33 bits per heavy atom. The highest BCUT2D eigenvalue weighted by molar-refractivity contribution is 9.09. The number of hydrogen-bond acceptors (Lipinski definition) is 3. The van der Waals surface area contributed by atoms with Crippen LogP contribution in [-0.2, 0) is 0 Å². The van der Waals surface area contributed by atoms with Crippen LogP contribution in [0.25, 0.3) is 0 Å². The summed E-state index contributed by atoms with van der Waals surface area (Å²) in [7, 11) is 0. The molecule has 2 N–H and O–H groups in total. The summed E-state index contributed by atoms with van der Waals surface area (Å²) in [5.74, 6) is 0. The minimum absolute atomic E-state index is 0.193. The second kappa shape index (κ2) is 5.17. The molecule has 12 heavy (non-hydrogen) atoms. The van der Waals surface area contributed by atoms with Gasteiger partial charge in [0.1, 0.15) is 0 Å². The number of halogens is 1. The smallest absolute Gasteiger partial charge is 0.0763 e. The van der Waals surface area contributed by atoms with Gasteiger partial charge in [-0.2, -0.15) is 0 Å². The number of aliphatic hydroxyl groups is 2. The maximum atomic E-state index is 9.33.